The van der Waals surface area contributed by atoms with Gasteiger partial charge in [-0.05, 0) is 23.8 Å². The maximum atomic E-state index is 10.7. The Morgan fingerprint density at radius 3 is 1.04 bits per heavy atom. The Hall–Kier alpha value is -1.47. The molecule has 0 bridgehead atoms. The predicted molar refractivity (Wildman–Crippen MR) is 101 cm³/mol. The number of alkyl halides is 3. The number of hydrogen-bond acceptors (Lipinski definition) is 3. The SMILES string of the molecule is O=S(=O)([O-])C(F)(F)F.[Ag+].c1ccc(P(c2ccccc2)c2ccccc2)cc1. The Morgan fingerprint density at radius 2 is 0.857 bits per heavy atom. The standard InChI is InChI=1S/C18H15P.CHF3O3S.Ag/c1-4-10-16(11-5-1)19(17-12-6-2-7-13-17)18-14-8-3-9-15-18;2-1(3,4)8(5,6)7;/h1-15H;(H,5,6,7);/q;;+1/p-1. The van der Waals surface area contributed by atoms with Gasteiger partial charge >= 0.3 is 27.9 Å². The fraction of sp³-hybridized carbons (Fsp3) is 0.0526. The minimum Gasteiger partial charge on any atom is -0.741 e. The molecule has 9 heteroatoms. The summed E-state index contributed by atoms with van der Waals surface area (Å²) in [6.07, 6.45) is 0. The molecule has 0 heterocycles. The monoisotopic (exact) mass is 518 g/mol. The summed E-state index contributed by atoms with van der Waals surface area (Å²) in [4.78, 5) is 0. The van der Waals surface area contributed by atoms with Crippen molar-refractivity contribution < 1.29 is 48.5 Å². The molecule has 0 unspecified atom stereocenters. The molecule has 3 rings (SSSR count). The van der Waals surface area contributed by atoms with Crippen molar-refractivity contribution in [3.63, 3.8) is 0 Å². The zero-order valence-electron chi connectivity index (χ0n) is 14.2. The second-order valence-electron chi connectivity index (χ2n) is 5.24. The number of hydrogen-bond donors (Lipinski definition) is 0. The molecule has 0 aliphatic heterocycles. The van der Waals surface area contributed by atoms with Crippen LogP contribution in [0.2, 0.25) is 0 Å². The molecule has 0 atom stereocenters. The van der Waals surface area contributed by atoms with Crippen molar-refractivity contribution in [2.45, 2.75) is 5.51 Å². The summed E-state index contributed by atoms with van der Waals surface area (Å²) in [7, 11) is -6.54. The molecule has 0 saturated carbocycles. The van der Waals surface area contributed by atoms with Crippen molar-refractivity contribution in [1.82, 2.24) is 0 Å². The van der Waals surface area contributed by atoms with Crippen molar-refractivity contribution in [2.75, 3.05) is 0 Å². The van der Waals surface area contributed by atoms with Crippen LogP contribution in [0.4, 0.5) is 13.2 Å². The molecule has 3 aromatic carbocycles. The van der Waals surface area contributed by atoms with Crippen LogP contribution in [0.25, 0.3) is 0 Å². The second-order valence-corrected chi connectivity index (χ2v) is 8.83. The Morgan fingerprint density at radius 1 is 0.643 bits per heavy atom. The van der Waals surface area contributed by atoms with Crippen molar-refractivity contribution in [1.29, 1.82) is 0 Å². The van der Waals surface area contributed by atoms with Crippen molar-refractivity contribution in [2.24, 2.45) is 0 Å². The van der Waals surface area contributed by atoms with Gasteiger partial charge in [-0.15, -0.1) is 0 Å². The van der Waals surface area contributed by atoms with E-state index in [1.807, 2.05) is 0 Å². The van der Waals surface area contributed by atoms with Gasteiger partial charge in [0.15, 0.2) is 10.1 Å². The molecule has 0 aromatic heterocycles. The van der Waals surface area contributed by atoms with E-state index >= 15 is 0 Å². The summed E-state index contributed by atoms with van der Waals surface area (Å²) < 4.78 is 58.9. The fourth-order valence-corrected chi connectivity index (χ4v) is 4.48. The van der Waals surface area contributed by atoms with E-state index in [1.54, 1.807) is 0 Å². The topological polar surface area (TPSA) is 57.2 Å². The zero-order valence-corrected chi connectivity index (χ0v) is 17.4. The average Bonchev–Trinajstić information content (AvgIpc) is 2.64. The van der Waals surface area contributed by atoms with Crippen LogP contribution in [0.1, 0.15) is 0 Å². The van der Waals surface area contributed by atoms with Gasteiger partial charge in [0.1, 0.15) is 0 Å². The molecule has 0 aliphatic rings. The van der Waals surface area contributed by atoms with Crippen LogP contribution < -0.4 is 15.9 Å². The maximum absolute atomic E-state index is 10.7. The van der Waals surface area contributed by atoms with Crippen LogP contribution in [0.3, 0.4) is 0 Å². The molecule has 0 radical (unpaired) electrons. The molecule has 0 N–H and O–H groups in total. The molecule has 0 amide bonds. The summed E-state index contributed by atoms with van der Waals surface area (Å²) in [5.41, 5.74) is -5.65. The van der Waals surface area contributed by atoms with Gasteiger partial charge in [-0.3, -0.25) is 0 Å². The van der Waals surface area contributed by atoms with Crippen LogP contribution in [-0.2, 0) is 32.5 Å². The molecule has 0 spiro atoms. The van der Waals surface area contributed by atoms with Crippen LogP contribution >= 0.6 is 7.92 Å². The quantitative estimate of drug-likeness (QED) is 0.231. The smallest absolute Gasteiger partial charge is 0.741 e. The van der Waals surface area contributed by atoms with Crippen LogP contribution in [-0.4, -0.2) is 18.5 Å². The third kappa shape index (κ3) is 7.17. The van der Waals surface area contributed by atoms with E-state index in [0.717, 1.165) is 0 Å². The maximum Gasteiger partial charge on any atom is 1.00 e. The van der Waals surface area contributed by atoms with E-state index in [0.29, 0.717) is 0 Å². The van der Waals surface area contributed by atoms with Gasteiger partial charge in [0, 0.05) is 0 Å². The summed E-state index contributed by atoms with van der Waals surface area (Å²) >= 11 is 0. The van der Waals surface area contributed by atoms with E-state index < -0.39 is 23.5 Å². The van der Waals surface area contributed by atoms with Gasteiger partial charge in [0.2, 0.25) is 0 Å². The van der Waals surface area contributed by atoms with E-state index in [-0.39, 0.29) is 22.4 Å². The third-order valence-corrected chi connectivity index (χ3v) is 6.34. The van der Waals surface area contributed by atoms with Gasteiger partial charge in [-0.1, -0.05) is 91.0 Å². The van der Waals surface area contributed by atoms with Crippen LogP contribution in [0.15, 0.2) is 91.0 Å². The minimum atomic E-state index is -6.09. The van der Waals surface area contributed by atoms with E-state index in [1.165, 1.54) is 15.9 Å². The van der Waals surface area contributed by atoms with Crippen LogP contribution in [0.5, 0.6) is 0 Å². The fourth-order valence-electron chi connectivity index (χ4n) is 2.18. The van der Waals surface area contributed by atoms with Crippen molar-refractivity contribution >= 4 is 34.0 Å². The first kappa shape index (κ1) is 24.6. The van der Waals surface area contributed by atoms with Crippen molar-refractivity contribution in [3.8, 4) is 0 Å². The number of rotatable bonds is 3. The Bertz CT molecular complexity index is 845. The summed E-state index contributed by atoms with van der Waals surface area (Å²) in [5.74, 6) is 0. The van der Waals surface area contributed by atoms with Gasteiger partial charge in [-0.25, -0.2) is 8.42 Å². The normalized spacial score (nSPS) is 11.2. The summed E-state index contributed by atoms with van der Waals surface area (Å²) in [6, 6.07) is 32.3. The minimum absolute atomic E-state index is 0. The zero-order chi connectivity index (χ0) is 19.9. The number of halogens is 3. The van der Waals surface area contributed by atoms with E-state index in [2.05, 4.69) is 91.0 Å². The second kappa shape index (κ2) is 10.9. The van der Waals surface area contributed by atoms with E-state index in [9.17, 15) is 13.2 Å². The molecule has 152 valence electrons. The first-order valence-corrected chi connectivity index (χ1v) is 10.4. The third-order valence-electron chi connectivity index (χ3n) is 3.33. The van der Waals surface area contributed by atoms with Crippen molar-refractivity contribution in [3.05, 3.63) is 91.0 Å². The van der Waals surface area contributed by atoms with Gasteiger partial charge in [0.05, 0.1) is 0 Å². The molecule has 3 aromatic rings. The van der Waals surface area contributed by atoms with Crippen LogP contribution in [0, 0.1) is 0 Å². The predicted octanol–water partition coefficient (Wildman–Crippen LogP) is 3.49. The molecule has 0 saturated heterocycles. The van der Waals surface area contributed by atoms with Gasteiger partial charge in [0.25, 0.3) is 0 Å². The average molecular weight is 519 g/mol. The molecule has 3 nitrogen and oxygen atoms in total. The Labute approximate surface area is 178 Å². The molecule has 28 heavy (non-hydrogen) atoms. The number of benzene rings is 3. The summed E-state index contributed by atoms with van der Waals surface area (Å²) in [6.45, 7) is 0. The summed E-state index contributed by atoms with van der Waals surface area (Å²) in [5, 5.41) is 4.19. The molecule has 0 fully saturated rings. The molecule has 0 aliphatic carbocycles. The Kier molecular flexibility index (Phi) is 9.57. The first-order valence-electron chi connectivity index (χ1n) is 7.67. The first-order chi connectivity index (χ1) is 12.7. The largest absolute Gasteiger partial charge is 1.00 e. The van der Waals surface area contributed by atoms with Gasteiger partial charge < -0.3 is 4.55 Å². The van der Waals surface area contributed by atoms with Gasteiger partial charge in [-0.2, -0.15) is 13.2 Å². The van der Waals surface area contributed by atoms with E-state index in [4.69, 9.17) is 13.0 Å². The molecular formula is C19H15AgF3O3PS. The Balaban J connectivity index is 0.000000376. The molecular weight excluding hydrogens is 504 g/mol.